The first-order valence-corrected chi connectivity index (χ1v) is 10.6. The lowest BCUT2D eigenvalue weighted by atomic mass is 10.2. The maximum atomic E-state index is 12.9. The van der Waals surface area contributed by atoms with Crippen LogP contribution in [0.25, 0.3) is 5.65 Å². The molecule has 1 amide bonds. The van der Waals surface area contributed by atoms with E-state index in [1.54, 1.807) is 23.8 Å². The van der Waals surface area contributed by atoms with Crippen LogP contribution < -0.4 is 20.7 Å². The van der Waals surface area contributed by atoms with Crippen molar-refractivity contribution in [3.05, 3.63) is 36.2 Å². The number of aromatic nitrogens is 4. The molecule has 2 aliphatic rings. The highest BCUT2D eigenvalue weighted by atomic mass is 16.5. The van der Waals surface area contributed by atoms with Gasteiger partial charge in [0, 0.05) is 19.3 Å². The molecule has 3 heterocycles. The van der Waals surface area contributed by atoms with Crippen LogP contribution in [0.5, 0.6) is 5.88 Å². The molecule has 5 rings (SSSR count). The van der Waals surface area contributed by atoms with Gasteiger partial charge in [0.25, 0.3) is 5.91 Å². The predicted molar refractivity (Wildman–Crippen MR) is 115 cm³/mol. The predicted octanol–water partition coefficient (Wildman–Crippen LogP) is 2.09. The molecule has 2 saturated carbocycles. The fourth-order valence-corrected chi connectivity index (χ4v) is 3.78. The average molecular weight is 423 g/mol. The van der Waals surface area contributed by atoms with Crippen LogP contribution >= 0.6 is 0 Å². The summed E-state index contributed by atoms with van der Waals surface area (Å²) in [5, 5.41) is 23.6. The molecule has 2 fully saturated rings. The highest BCUT2D eigenvalue weighted by Crippen LogP contribution is 2.32. The van der Waals surface area contributed by atoms with Gasteiger partial charge in [0.15, 0.2) is 5.65 Å². The van der Waals surface area contributed by atoms with Crippen LogP contribution in [0.1, 0.15) is 42.5 Å². The third-order valence-electron chi connectivity index (χ3n) is 5.61. The summed E-state index contributed by atoms with van der Waals surface area (Å²) in [6.07, 6.45) is 7.32. The van der Waals surface area contributed by atoms with Crippen LogP contribution in [0, 0.1) is 0 Å². The monoisotopic (exact) mass is 423 g/mol. The number of hydrogen-bond donors (Lipinski definition) is 4. The number of anilines is 3. The van der Waals surface area contributed by atoms with Crippen molar-refractivity contribution in [3.8, 4) is 5.88 Å². The van der Waals surface area contributed by atoms with E-state index in [1.165, 1.54) is 6.20 Å². The van der Waals surface area contributed by atoms with E-state index < -0.39 is 6.10 Å². The smallest absolute Gasteiger partial charge is 0.257 e. The summed E-state index contributed by atoms with van der Waals surface area (Å²) in [5.41, 5.74) is 1.46. The van der Waals surface area contributed by atoms with Crippen LogP contribution in [0.15, 0.2) is 30.6 Å². The number of fused-ring (bicyclic) bond motifs is 1. The molecule has 0 aliphatic heterocycles. The molecule has 0 spiro atoms. The summed E-state index contributed by atoms with van der Waals surface area (Å²) in [4.78, 5) is 21.8. The van der Waals surface area contributed by atoms with E-state index >= 15 is 0 Å². The number of nitrogens with zero attached hydrogens (tertiary/aromatic N) is 4. The lowest BCUT2D eigenvalue weighted by Gasteiger charge is -2.16. The van der Waals surface area contributed by atoms with Crippen LogP contribution in [-0.2, 0) is 0 Å². The molecule has 4 N–H and O–H groups in total. The summed E-state index contributed by atoms with van der Waals surface area (Å²) in [6.45, 7) is 0. The average Bonchev–Trinajstić information content (AvgIpc) is 3.34. The van der Waals surface area contributed by atoms with E-state index in [0.717, 1.165) is 25.7 Å². The van der Waals surface area contributed by atoms with Crippen molar-refractivity contribution in [1.29, 1.82) is 0 Å². The van der Waals surface area contributed by atoms with Gasteiger partial charge in [0.2, 0.25) is 5.88 Å². The standard InChI is InChI=1S/C21H25N7O3/c1-22-18-10-17(25-15-5-3-9-23-21(15)31-12-7-8-12)27-19-13(11-24-28(18)19)20(30)26-14-4-2-6-16(14)29/h3,5,9-12,14,16,22,29H,2,4,6-8H2,1H3,(H,25,27)(H,26,30)/t14-,16-/m0/s1. The molecular formula is C21H25N7O3. The second-order valence-electron chi connectivity index (χ2n) is 7.95. The first-order chi connectivity index (χ1) is 15.1. The SMILES string of the molecule is CNc1cc(Nc2cccnc2OC2CC2)nc2c(C(=O)N[C@H]3CCC[C@@H]3O)cnn12. The van der Waals surface area contributed by atoms with Crippen molar-refractivity contribution >= 4 is 28.9 Å². The van der Waals surface area contributed by atoms with Gasteiger partial charge in [-0.05, 0) is 44.2 Å². The van der Waals surface area contributed by atoms with Gasteiger partial charge in [-0.25, -0.2) is 9.97 Å². The minimum absolute atomic E-state index is 0.217. The molecule has 31 heavy (non-hydrogen) atoms. The quantitative estimate of drug-likeness (QED) is 0.455. The largest absolute Gasteiger partial charge is 0.473 e. The van der Waals surface area contributed by atoms with Gasteiger partial charge in [0.1, 0.15) is 29.0 Å². The molecular weight excluding hydrogens is 398 g/mol. The fourth-order valence-electron chi connectivity index (χ4n) is 3.78. The highest BCUT2D eigenvalue weighted by Gasteiger charge is 2.28. The Morgan fingerprint density at radius 1 is 1.29 bits per heavy atom. The first-order valence-electron chi connectivity index (χ1n) is 10.6. The number of pyridine rings is 1. The van der Waals surface area contributed by atoms with Crippen molar-refractivity contribution in [1.82, 2.24) is 24.9 Å². The zero-order valence-corrected chi connectivity index (χ0v) is 17.2. The Kier molecular flexibility index (Phi) is 5.06. The molecule has 0 saturated heterocycles. The van der Waals surface area contributed by atoms with Crippen molar-refractivity contribution in [2.75, 3.05) is 17.7 Å². The molecule has 0 bridgehead atoms. The Labute approximate surface area is 179 Å². The van der Waals surface area contributed by atoms with E-state index in [2.05, 4.69) is 31.0 Å². The number of aliphatic hydroxyl groups excluding tert-OH is 1. The number of hydrogen-bond acceptors (Lipinski definition) is 8. The van der Waals surface area contributed by atoms with Gasteiger partial charge in [-0.15, -0.1) is 0 Å². The molecule has 0 unspecified atom stereocenters. The molecule has 0 aromatic carbocycles. The number of rotatable bonds is 7. The summed E-state index contributed by atoms with van der Waals surface area (Å²) in [6, 6.07) is 5.26. The zero-order valence-electron chi connectivity index (χ0n) is 17.2. The maximum absolute atomic E-state index is 12.9. The molecule has 162 valence electrons. The highest BCUT2D eigenvalue weighted by molar-refractivity contribution is 6.00. The van der Waals surface area contributed by atoms with Crippen LogP contribution in [0.4, 0.5) is 17.3 Å². The molecule has 10 heteroatoms. The normalized spacial score (nSPS) is 20.6. The summed E-state index contributed by atoms with van der Waals surface area (Å²) in [5.74, 6) is 1.42. The lowest BCUT2D eigenvalue weighted by molar-refractivity contribution is 0.0874. The number of nitrogens with one attached hydrogen (secondary N) is 3. The molecule has 3 aromatic rings. The van der Waals surface area contributed by atoms with Crippen LogP contribution in [0.3, 0.4) is 0 Å². The van der Waals surface area contributed by atoms with Gasteiger partial charge < -0.3 is 25.8 Å². The minimum Gasteiger partial charge on any atom is -0.473 e. The van der Waals surface area contributed by atoms with Crippen LogP contribution in [-0.4, -0.2) is 55.9 Å². The van der Waals surface area contributed by atoms with Gasteiger partial charge in [-0.2, -0.15) is 9.61 Å². The van der Waals surface area contributed by atoms with Gasteiger partial charge in [0.05, 0.1) is 18.3 Å². The van der Waals surface area contributed by atoms with Crippen molar-refractivity contribution < 1.29 is 14.6 Å². The third kappa shape index (κ3) is 3.98. The van der Waals surface area contributed by atoms with E-state index in [9.17, 15) is 9.90 Å². The fraction of sp³-hybridized carbons (Fsp3) is 0.429. The second kappa shape index (κ2) is 8.03. The first kappa shape index (κ1) is 19.6. The Hall–Kier alpha value is -3.40. The van der Waals surface area contributed by atoms with Gasteiger partial charge in [-0.3, -0.25) is 4.79 Å². The maximum Gasteiger partial charge on any atom is 0.257 e. The Bertz CT molecular complexity index is 1110. The minimum atomic E-state index is -0.515. The topological polar surface area (TPSA) is 126 Å². The number of ether oxygens (including phenoxy) is 1. The Balaban J connectivity index is 1.46. The second-order valence-corrected chi connectivity index (χ2v) is 7.95. The third-order valence-corrected chi connectivity index (χ3v) is 5.61. The molecule has 0 radical (unpaired) electrons. The Morgan fingerprint density at radius 2 is 2.16 bits per heavy atom. The Morgan fingerprint density at radius 3 is 2.90 bits per heavy atom. The molecule has 3 aromatic heterocycles. The number of carbonyl (C=O) groups excluding carboxylic acids is 1. The number of amides is 1. The van der Waals surface area contributed by atoms with E-state index in [1.807, 2.05) is 12.1 Å². The number of carbonyl (C=O) groups is 1. The summed E-state index contributed by atoms with van der Waals surface area (Å²) < 4.78 is 7.46. The van der Waals surface area contributed by atoms with Crippen molar-refractivity contribution in [2.24, 2.45) is 0 Å². The molecule has 10 nitrogen and oxygen atoms in total. The lowest BCUT2D eigenvalue weighted by Crippen LogP contribution is -2.39. The summed E-state index contributed by atoms with van der Waals surface area (Å²) >= 11 is 0. The zero-order chi connectivity index (χ0) is 21.4. The van der Waals surface area contributed by atoms with Crippen molar-refractivity contribution in [3.63, 3.8) is 0 Å². The number of aliphatic hydroxyl groups is 1. The van der Waals surface area contributed by atoms with Crippen LogP contribution in [0.2, 0.25) is 0 Å². The molecule has 2 aliphatic carbocycles. The van der Waals surface area contributed by atoms with E-state index in [-0.39, 0.29) is 18.1 Å². The van der Waals surface area contributed by atoms with Gasteiger partial charge >= 0.3 is 0 Å². The van der Waals surface area contributed by atoms with Crippen molar-refractivity contribution in [2.45, 2.75) is 50.4 Å². The molecule has 2 atom stereocenters. The van der Waals surface area contributed by atoms with E-state index in [0.29, 0.717) is 40.8 Å². The summed E-state index contributed by atoms with van der Waals surface area (Å²) in [7, 11) is 1.78. The van der Waals surface area contributed by atoms with Gasteiger partial charge in [-0.1, -0.05) is 0 Å². The van der Waals surface area contributed by atoms with E-state index in [4.69, 9.17) is 4.74 Å².